The van der Waals surface area contributed by atoms with Crippen LogP contribution in [0.5, 0.6) is 5.75 Å². The monoisotopic (exact) mass is 480 g/mol. The van der Waals surface area contributed by atoms with Crippen molar-refractivity contribution in [3.63, 3.8) is 0 Å². The molecule has 0 aliphatic carbocycles. The van der Waals surface area contributed by atoms with Crippen LogP contribution in [-0.4, -0.2) is 40.2 Å². The molecule has 0 aliphatic rings. The van der Waals surface area contributed by atoms with E-state index in [1.165, 1.54) is 12.1 Å². The van der Waals surface area contributed by atoms with E-state index in [2.05, 4.69) is 15.3 Å². The number of methoxy groups -OCH3 is 1. The highest BCUT2D eigenvalue weighted by atomic mass is 19.1. The van der Waals surface area contributed by atoms with Crippen molar-refractivity contribution in [1.29, 1.82) is 0 Å². The van der Waals surface area contributed by atoms with E-state index in [9.17, 15) is 14.0 Å². The molecule has 0 aliphatic heterocycles. The van der Waals surface area contributed by atoms with E-state index in [0.29, 0.717) is 30.9 Å². The predicted octanol–water partition coefficient (Wildman–Crippen LogP) is 3.46. The fourth-order valence-corrected chi connectivity index (χ4v) is 2.73. The molecule has 182 valence electrons. The number of aromatic nitrogens is 1. The molecular formula is C25H25FN4O5. The van der Waals surface area contributed by atoms with Crippen molar-refractivity contribution in [2.45, 2.75) is 13.0 Å². The first kappa shape index (κ1) is 26.5. The molecule has 35 heavy (non-hydrogen) atoms. The van der Waals surface area contributed by atoms with E-state index in [0.717, 1.165) is 22.4 Å². The van der Waals surface area contributed by atoms with Gasteiger partial charge in [0.1, 0.15) is 17.4 Å². The Balaban J connectivity index is 0.000000466. The SMILES string of the molecule is COc1ccc(Cc2cccnc2NC(N)=NCc2ccc(F)cc2)cc1.O=C(O)/C=C\C(=O)O. The third-order valence-electron chi connectivity index (χ3n) is 4.41. The van der Waals surface area contributed by atoms with Crippen molar-refractivity contribution in [1.82, 2.24) is 4.98 Å². The molecule has 0 amide bonds. The maximum atomic E-state index is 13.0. The number of carboxylic acid groups (broad SMARTS) is 2. The van der Waals surface area contributed by atoms with Gasteiger partial charge in [0.25, 0.3) is 0 Å². The average molecular weight is 480 g/mol. The van der Waals surface area contributed by atoms with Crippen LogP contribution in [0, 0.1) is 5.82 Å². The number of hydrogen-bond donors (Lipinski definition) is 4. The predicted molar refractivity (Wildman–Crippen MR) is 130 cm³/mol. The number of benzene rings is 2. The number of aliphatic imine (C=N–C) groups is 1. The second-order valence-corrected chi connectivity index (χ2v) is 7.00. The van der Waals surface area contributed by atoms with Crippen LogP contribution in [0.1, 0.15) is 16.7 Å². The Morgan fingerprint density at radius 2 is 1.63 bits per heavy atom. The smallest absolute Gasteiger partial charge is 0.328 e. The molecule has 2 aromatic carbocycles. The fourth-order valence-electron chi connectivity index (χ4n) is 2.73. The summed E-state index contributed by atoms with van der Waals surface area (Å²) >= 11 is 0. The third-order valence-corrected chi connectivity index (χ3v) is 4.41. The van der Waals surface area contributed by atoms with Gasteiger partial charge in [0.2, 0.25) is 0 Å². The molecule has 0 unspecified atom stereocenters. The van der Waals surface area contributed by atoms with Gasteiger partial charge in [0.05, 0.1) is 13.7 Å². The number of hydrogen-bond acceptors (Lipinski definition) is 5. The van der Waals surface area contributed by atoms with Crippen molar-refractivity contribution < 1.29 is 28.9 Å². The van der Waals surface area contributed by atoms with Crippen LogP contribution in [0.15, 0.2) is 84.0 Å². The zero-order valence-electron chi connectivity index (χ0n) is 18.9. The fraction of sp³-hybridized carbons (Fsp3) is 0.120. The summed E-state index contributed by atoms with van der Waals surface area (Å²) < 4.78 is 18.1. The molecule has 3 aromatic rings. The van der Waals surface area contributed by atoms with Crippen molar-refractivity contribution >= 4 is 23.7 Å². The number of carbonyl (C=O) groups is 2. The Kier molecular flexibility index (Phi) is 10.4. The molecule has 0 saturated heterocycles. The molecule has 1 heterocycles. The summed E-state index contributed by atoms with van der Waals surface area (Å²) in [6.45, 7) is 0.361. The van der Waals surface area contributed by atoms with E-state index in [-0.39, 0.29) is 11.8 Å². The zero-order chi connectivity index (χ0) is 25.6. The lowest BCUT2D eigenvalue weighted by molar-refractivity contribution is -0.134. The van der Waals surface area contributed by atoms with Gasteiger partial charge < -0.3 is 26.0 Å². The summed E-state index contributed by atoms with van der Waals surface area (Å²) in [7, 11) is 1.65. The van der Waals surface area contributed by atoms with Crippen LogP contribution in [0.4, 0.5) is 10.2 Å². The number of guanidine groups is 1. The molecule has 5 N–H and O–H groups in total. The lowest BCUT2D eigenvalue weighted by Gasteiger charge is -2.11. The highest BCUT2D eigenvalue weighted by Crippen LogP contribution is 2.19. The van der Waals surface area contributed by atoms with Gasteiger partial charge in [0, 0.05) is 24.8 Å². The first-order valence-corrected chi connectivity index (χ1v) is 10.3. The van der Waals surface area contributed by atoms with Crippen LogP contribution in [0.3, 0.4) is 0 Å². The number of pyridine rings is 1. The first-order valence-electron chi connectivity index (χ1n) is 10.3. The van der Waals surface area contributed by atoms with Crippen molar-refractivity contribution in [3.8, 4) is 5.75 Å². The molecular weight excluding hydrogens is 455 g/mol. The number of carboxylic acids is 2. The van der Waals surface area contributed by atoms with E-state index in [1.54, 1.807) is 25.4 Å². The van der Waals surface area contributed by atoms with Gasteiger partial charge in [-0.2, -0.15) is 0 Å². The Bertz CT molecular complexity index is 1160. The van der Waals surface area contributed by atoms with Gasteiger partial charge in [0.15, 0.2) is 5.96 Å². The average Bonchev–Trinajstić information content (AvgIpc) is 2.84. The van der Waals surface area contributed by atoms with E-state index in [4.69, 9.17) is 20.7 Å². The summed E-state index contributed by atoms with van der Waals surface area (Å²) in [6.07, 6.45) is 3.52. The molecule has 3 rings (SSSR count). The Hall–Kier alpha value is -4.73. The third kappa shape index (κ3) is 10.2. The van der Waals surface area contributed by atoms with Crippen molar-refractivity contribution in [2.24, 2.45) is 10.7 Å². The molecule has 10 heteroatoms. The van der Waals surface area contributed by atoms with Crippen molar-refractivity contribution in [3.05, 3.63) is 102 Å². The van der Waals surface area contributed by atoms with Gasteiger partial charge in [-0.15, -0.1) is 0 Å². The van der Waals surface area contributed by atoms with Gasteiger partial charge in [-0.1, -0.05) is 30.3 Å². The summed E-state index contributed by atoms with van der Waals surface area (Å²) in [5.41, 5.74) is 9.00. The van der Waals surface area contributed by atoms with Gasteiger partial charge in [-0.05, 0) is 47.0 Å². The van der Waals surface area contributed by atoms with Crippen LogP contribution in [-0.2, 0) is 22.6 Å². The van der Waals surface area contributed by atoms with Crippen LogP contribution < -0.4 is 15.8 Å². The lowest BCUT2D eigenvalue weighted by Crippen LogP contribution is -2.24. The normalized spacial score (nSPS) is 10.9. The van der Waals surface area contributed by atoms with Crippen LogP contribution >= 0.6 is 0 Å². The number of nitrogens with two attached hydrogens (primary N) is 1. The molecule has 1 aromatic heterocycles. The maximum absolute atomic E-state index is 13.0. The van der Waals surface area contributed by atoms with Crippen LogP contribution in [0.2, 0.25) is 0 Å². The second kappa shape index (κ2) is 13.7. The Morgan fingerprint density at radius 1 is 1.03 bits per heavy atom. The van der Waals surface area contributed by atoms with Crippen molar-refractivity contribution in [2.75, 3.05) is 12.4 Å². The lowest BCUT2D eigenvalue weighted by atomic mass is 10.1. The molecule has 9 nitrogen and oxygen atoms in total. The van der Waals surface area contributed by atoms with E-state index in [1.807, 2.05) is 36.4 Å². The standard InChI is InChI=1S/C21H21FN4O.C4H4O4/c1-27-19-10-6-15(7-11-19)13-17-3-2-12-24-20(17)26-21(23)25-14-16-4-8-18(22)9-5-16;5-3(6)1-2-4(7)8/h2-12H,13-14H2,1H3,(H3,23,24,25,26);1-2H,(H,5,6)(H,7,8)/b;2-1-. The summed E-state index contributed by atoms with van der Waals surface area (Å²) in [5, 5.41) is 18.7. The topological polar surface area (TPSA) is 147 Å². The van der Waals surface area contributed by atoms with Gasteiger partial charge >= 0.3 is 11.9 Å². The molecule has 0 saturated carbocycles. The Labute approximate surface area is 201 Å². The van der Waals surface area contributed by atoms with Crippen LogP contribution in [0.25, 0.3) is 0 Å². The molecule has 0 spiro atoms. The maximum Gasteiger partial charge on any atom is 0.328 e. The minimum Gasteiger partial charge on any atom is -0.497 e. The number of nitrogens with zero attached hydrogens (tertiary/aromatic N) is 2. The molecule has 0 fully saturated rings. The number of aliphatic carboxylic acids is 2. The minimum atomic E-state index is -1.26. The Morgan fingerprint density at radius 3 is 2.20 bits per heavy atom. The number of anilines is 1. The number of halogens is 1. The summed E-state index contributed by atoms with van der Waals surface area (Å²) in [5.74, 6) is -1.05. The van der Waals surface area contributed by atoms with Gasteiger partial charge in [-0.25, -0.2) is 24.0 Å². The van der Waals surface area contributed by atoms with Gasteiger partial charge in [-0.3, -0.25) is 0 Å². The number of ether oxygens (including phenoxy) is 1. The summed E-state index contributed by atoms with van der Waals surface area (Å²) in [6, 6.07) is 17.9. The first-order chi connectivity index (χ1) is 16.8. The van der Waals surface area contributed by atoms with E-state index >= 15 is 0 Å². The number of rotatable bonds is 8. The largest absolute Gasteiger partial charge is 0.497 e. The quantitative estimate of drug-likeness (QED) is 0.218. The highest BCUT2D eigenvalue weighted by molar-refractivity contribution is 5.92. The summed E-state index contributed by atoms with van der Waals surface area (Å²) in [4.78, 5) is 27.8. The molecule has 0 atom stereocenters. The minimum absolute atomic E-state index is 0.258. The highest BCUT2D eigenvalue weighted by Gasteiger charge is 2.06. The van der Waals surface area contributed by atoms with E-state index < -0.39 is 11.9 Å². The number of nitrogens with one attached hydrogen (secondary N) is 1. The zero-order valence-corrected chi connectivity index (χ0v) is 18.9. The molecule has 0 radical (unpaired) electrons. The second-order valence-electron chi connectivity index (χ2n) is 7.00. The molecule has 0 bridgehead atoms.